The van der Waals surface area contributed by atoms with E-state index in [1.165, 1.54) is 11.1 Å². The number of benzene rings is 2. The molecule has 0 radical (unpaired) electrons. The van der Waals surface area contributed by atoms with Crippen LogP contribution in [0.4, 0.5) is 0 Å². The standard InChI is InChI=1S/C23H29BrN2O3S/c1-18(2)21-8-6-19(7-9-21)15-25-10-12-26(13-11-25)23(27)17-30(28,29)16-20-4-3-5-22(24)14-20/h3-9,14,18H,10-13,15-17H2,1-2H3. The molecule has 2 aromatic carbocycles. The van der Waals surface area contributed by atoms with Gasteiger partial charge in [0.2, 0.25) is 5.91 Å². The van der Waals surface area contributed by atoms with Crippen LogP contribution < -0.4 is 0 Å². The first-order valence-corrected chi connectivity index (χ1v) is 12.9. The Labute approximate surface area is 188 Å². The number of carbonyl (C=O) groups is 1. The lowest BCUT2D eigenvalue weighted by Gasteiger charge is -2.34. The number of sulfone groups is 1. The number of amides is 1. The normalized spacial score (nSPS) is 15.5. The molecule has 0 N–H and O–H groups in total. The van der Waals surface area contributed by atoms with Crippen LogP contribution >= 0.6 is 15.9 Å². The van der Waals surface area contributed by atoms with Crippen LogP contribution in [0.5, 0.6) is 0 Å². The Bertz CT molecular complexity index is 966. The van der Waals surface area contributed by atoms with Gasteiger partial charge in [0.1, 0.15) is 5.75 Å². The number of piperazine rings is 1. The molecule has 1 saturated heterocycles. The van der Waals surface area contributed by atoms with E-state index in [0.29, 0.717) is 24.6 Å². The van der Waals surface area contributed by atoms with Crippen molar-refractivity contribution in [3.8, 4) is 0 Å². The van der Waals surface area contributed by atoms with Crippen molar-refractivity contribution >= 4 is 31.7 Å². The lowest BCUT2D eigenvalue weighted by atomic mass is 10.0. The number of rotatable bonds is 7. The Morgan fingerprint density at radius 2 is 1.67 bits per heavy atom. The van der Waals surface area contributed by atoms with Crippen LogP contribution in [0, 0.1) is 0 Å². The molecule has 1 heterocycles. The van der Waals surface area contributed by atoms with Gasteiger partial charge in [-0.1, -0.05) is 66.2 Å². The fourth-order valence-corrected chi connectivity index (χ4v) is 5.43. The molecule has 0 spiro atoms. The van der Waals surface area contributed by atoms with Crippen LogP contribution in [0.1, 0.15) is 36.5 Å². The molecule has 30 heavy (non-hydrogen) atoms. The van der Waals surface area contributed by atoms with Crippen LogP contribution in [-0.2, 0) is 26.9 Å². The van der Waals surface area contributed by atoms with Crippen molar-refractivity contribution < 1.29 is 13.2 Å². The molecule has 7 heteroatoms. The molecule has 3 rings (SSSR count). The van der Waals surface area contributed by atoms with Gasteiger partial charge in [0.05, 0.1) is 5.75 Å². The van der Waals surface area contributed by atoms with Crippen molar-refractivity contribution in [3.63, 3.8) is 0 Å². The summed E-state index contributed by atoms with van der Waals surface area (Å²) < 4.78 is 25.8. The fourth-order valence-electron chi connectivity index (χ4n) is 3.63. The average Bonchev–Trinajstić information content (AvgIpc) is 2.68. The summed E-state index contributed by atoms with van der Waals surface area (Å²) in [6, 6.07) is 15.9. The van der Waals surface area contributed by atoms with E-state index in [2.05, 4.69) is 58.9 Å². The molecule has 0 atom stereocenters. The van der Waals surface area contributed by atoms with E-state index in [1.54, 1.807) is 23.1 Å². The minimum absolute atomic E-state index is 0.121. The van der Waals surface area contributed by atoms with Gasteiger partial charge in [-0.3, -0.25) is 9.69 Å². The van der Waals surface area contributed by atoms with Gasteiger partial charge in [-0.15, -0.1) is 0 Å². The van der Waals surface area contributed by atoms with E-state index < -0.39 is 15.6 Å². The number of nitrogens with zero attached hydrogens (tertiary/aromatic N) is 2. The summed E-state index contributed by atoms with van der Waals surface area (Å²) in [7, 11) is -3.50. The SMILES string of the molecule is CC(C)c1ccc(CN2CCN(C(=O)CS(=O)(=O)Cc3cccc(Br)c3)CC2)cc1. The summed E-state index contributed by atoms with van der Waals surface area (Å²) in [6.45, 7) is 7.85. The van der Waals surface area contributed by atoms with Crippen molar-refractivity contribution in [2.24, 2.45) is 0 Å². The molecule has 0 bridgehead atoms. The second-order valence-electron chi connectivity index (χ2n) is 8.22. The maximum absolute atomic E-state index is 12.6. The molecular weight excluding hydrogens is 464 g/mol. The highest BCUT2D eigenvalue weighted by molar-refractivity contribution is 9.10. The highest BCUT2D eigenvalue weighted by atomic mass is 79.9. The summed E-state index contributed by atoms with van der Waals surface area (Å²) in [5, 5.41) is 0. The monoisotopic (exact) mass is 492 g/mol. The van der Waals surface area contributed by atoms with Crippen molar-refractivity contribution in [2.75, 3.05) is 31.9 Å². The highest BCUT2D eigenvalue weighted by Gasteiger charge is 2.25. The predicted molar refractivity (Wildman–Crippen MR) is 124 cm³/mol. The zero-order chi connectivity index (χ0) is 21.7. The largest absolute Gasteiger partial charge is 0.339 e. The summed E-state index contributed by atoms with van der Waals surface area (Å²) in [4.78, 5) is 16.5. The Morgan fingerprint density at radius 1 is 1.00 bits per heavy atom. The predicted octanol–water partition coefficient (Wildman–Crippen LogP) is 3.83. The van der Waals surface area contributed by atoms with Crippen LogP contribution in [0.15, 0.2) is 53.0 Å². The van der Waals surface area contributed by atoms with Crippen molar-refractivity contribution in [2.45, 2.75) is 32.1 Å². The minimum atomic E-state index is -3.50. The van der Waals surface area contributed by atoms with Gasteiger partial charge in [0.25, 0.3) is 0 Å². The third kappa shape index (κ3) is 6.65. The lowest BCUT2D eigenvalue weighted by molar-refractivity contribution is -0.130. The van der Waals surface area contributed by atoms with Gasteiger partial charge < -0.3 is 4.90 Å². The third-order valence-electron chi connectivity index (χ3n) is 5.40. The van der Waals surface area contributed by atoms with Crippen molar-refractivity contribution in [1.29, 1.82) is 0 Å². The van der Waals surface area contributed by atoms with Crippen molar-refractivity contribution in [3.05, 3.63) is 69.7 Å². The smallest absolute Gasteiger partial charge is 0.237 e. The summed E-state index contributed by atoms with van der Waals surface area (Å²) in [5.74, 6) is -0.333. The Hall–Kier alpha value is -1.70. The van der Waals surface area contributed by atoms with E-state index in [-0.39, 0.29) is 11.7 Å². The van der Waals surface area contributed by atoms with Gasteiger partial charge in [0.15, 0.2) is 9.84 Å². The fraction of sp³-hybridized carbons (Fsp3) is 0.435. The van der Waals surface area contributed by atoms with Crippen LogP contribution in [0.2, 0.25) is 0 Å². The highest BCUT2D eigenvalue weighted by Crippen LogP contribution is 2.17. The van der Waals surface area contributed by atoms with Gasteiger partial charge in [-0.2, -0.15) is 0 Å². The third-order valence-corrected chi connectivity index (χ3v) is 7.35. The first kappa shape index (κ1) is 23.0. The van der Waals surface area contributed by atoms with Gasteiger partial charge in [-0.05, 0) is 34.7 Å². The van der Waals surface area contributed by atoms with Crippen molar-refractivity contribution in [1.82, 2.24) is 9.80 Å². The van der Waals surface area contributed by atoms with E-state index in [1.807, 2.05) is 6.07 Å². The number of hydrogen-bond donors (Lipinski definition) is 0. The van der Waals surface area contributed by atoms with E-state index >= 15 is 0 Å². The second kappa shape index (κ2) is 10.1. The topological polar surface area (TPSA) is 57.7 Å². The average molecular weight is 493 g/mol. The molecule has 0 unspecified atom stereocenters. The molecule has 1 aliphatic rings. The summed E-state index contributed by atoms with van der Waals surface area (Å²) >= 11 is 3.35. The molecule has 162 valence electrons. The number of hydrogen-bond acceptors (Lipinski definition) is 4. The Kier molecular flexibility index (Phi) is 7.71. The molecular formula is C23H29BrN2O3S. The molecule has 1 fully saturated rings. The summed E-state index contributed by atoms with van der Waals surface area (Å²) in [6.07, 6.45) is 0. The van der Waals surface area contributed by atoms with Crippen LogP contribution in [0.25, 0.3) is 0 Å². The van der Waals surface area contributed by atoms with E-state index in [9.17, 15) is 13.2 Å². The first-order valence-electron chi connectivity index (χ1n) is 10.3. The number of carbonyl (C=O) groups excluding carboxylic acids is 1. The molecule has 1 amide bonds. The zero-order valence-electron chi connectivity index (χ0n) is 17.6. The van der Waals surface area contributed by atoms with Crippen LogP contribution in [-0.4, -0.2) is 56.1 Å². The minimum Gasteiger partial charge on any atom is -0.339 e. The quantitative estimate of drug-likeness (QED) is 0.589. The molecule has 2 aromatic rings. The Balaban J connectivity index is 1.48. The summed E-state index contributed by atoms with van der Waals surface area (Å²) in [5.41, 5.74) is 3.28. The first-order chi connectivity index (χ1) is 14.2. The molecule has 0 aromatic heterocycles. The second-order valence-corrected chi connectivity index (χ2v) is 11.2. The lowest BCUT2D eigenvalue weighted by Crippen LogP contribution is -2.49. The van der Waals surface area contributed by atoms with Gasteiger partial charge in [0, 0.05) is 37.2 Å². The Morgan fingerprint density at radius 3 is 2.27 bits per heavy atom. The van der Waals surface area contributed by atoms with E-state index in [4.69, 9.17) is 0 Å². The molecule has 0 aliphatic carbocycles. The van der Waals surface area contributed by atoms with Crippen LogP contribution in [0.3, 0.4) is 0 Å². The zero-order valence-corrected chi connectivity index (χ0v) is 20.0. The number of halogens is 1. The molecule has 1 aliphatic heterocycles. The maximum atomic E-state index is 12.6. The van der Waals surface area contributed by atoms with E-state index in [0.717, 1.165) is 24.1 Å². The maximum Gasteiger partial charge on any atom is 0.237 e. The molecule has 5 nitrogen and oxygen atoms in total. The van der Waals surface area contributed by atoms with Gasteiger partial charge >= 0.3 is 0 Å². The molecule has 0 saturated carbocycles. The van der Waals surface area contributed by atoms with Gasteiger partial charge in [-0.25, -0.2) is 8.42 Å².